The van der Waals surface area contributed by atoms with Gasteiger partial charge in [-0.15, -0.1) is 0 Å². The van der Waals surface area contributed by atoms with Gasteiger partial charge in [0.15, 0.2) is 5.96 Å². The van der Waals surface area contributed by atoms with Gasteiger partial charge in [-0.25, -0.2) is 9.98 Å². The van der Waals surface area contributed by atoms with Gasteiger partial charge < -0.3 is 15.5 Å². The largest absolute Gasteiger partial charge is 0.401 e. The van der Waals surface area contributed by atoms with Crippen LogP contribution in [0, 0.1) is 0 Å². The minimum absolute atomic E-state index is 0.0317. The number of aliphatic imine (C=N–C) groups is 1. The van der Waals surface area contributed by atoms with Crippen LogP contribution in [0.1, 0.15) is 31.7 Å². The number of aromatic nitrogens is 1. The highest BCUT2D eigenvalue weighted by Crippen LogP contribution is 2.20. The molecule has 0 aliphatic carbocycles. The molecule has 28 heavy (non-hydrogen) atoms. The van der Waals surface area contributed by atoms with Crippen LogP contribution in [0.4, 0.5) is 19.0 Å². The number of nitrogens with zero attached hydrogens (tertiary/aromatic N) is 4. The van der Waals surface area contributed by atoms with Crippen LogP contribution >= 0.6 is 0 Å². The zero-order valence-electron chi connectivity index (χ0n) is 16.3. The molecule has 1 unspecified atom stereocenters. The van der Waals surface area contributed by atoms with Crippen LogP contribution in [-0.2, 0) is 6.54 Å². The Hall–Kier alpha value is -2.03. The molecule has 1 aromatic heterocycles. The number of hydrogen-bond acceptors (Lipinski definition) is 4. The molecule has 0 saturated carbocycles. The molecule has 2 fully saturated rings. The second-order valence-corrected chi connectivity index (χ2v) is 7.39. The predicted octanol–water partition coefficient (Wildman–Crippen LogP) is 2.37. The second-order valence-electron chi connectivity index (χ2n) is 7.39. The number of alkyl halides is 3. The Balaban J connectivity index is 1.52. The van der Waals surface area contributed by atoms with Gasteiger partial charge >= 0.3 is 6.18 Å². The fraction of sp³-hybridized carbons (Fsp3) is 0.684. The third-order valence-corrected chi connectivity index (χ3v) is 5.02. The van der Waals surface area contributed by atoms with Crippen LogP contribution in [0.2, 0.25) is 0 Å². The number of likely N-dealkylation sites (tertiary alicyclic amines) is 1. The van der Waals surface area contributed by atoms with E-state index in [-0.39, 0.29) is 6.04 Å². The molecule has 1 atom stereocenters. The molecule has 3 rings (SSSR count). The maximum atomic E-state index is 12.5. The van der Waals surface area contributed by atoms with Crippen LogP contribution in [0.3, 0.4) is 0 Å². The molecule has 156 valence electrons. The van der Waals surface area contributed by atoms with Crippen molar-refractivity contribution in [3.8, 4) is 0 Å². The molecular formula is C19H29F3N6. The van der Waals surface area contributed by atoms with Gasteiger partial charge in [0.05, 0.1) is 13.1 Å². The first-order valence-corrected chi connectivity index (χ1v) is 9.97. The topological polar surface area (TPSA) is 55.8 Å². The van der Waals surface area contributed by atoms with Crippen molar-refractivity contribution >= 4 is 11.8 Å². The quantitative estimate of drug-likeness (QED) is 0.569. The van der Waals surface area contributed by atoms with Crippen LogP contribution in [0.25, 0.3) is 0 Å². The molecule has 0 radical (unpaired) electrons. The average molecular weight is 398 g/mol. The standard InChI is InChI=1S/C19H29F3N6/c1-2-23-18(26-16-7-10-27(13-16)14-19(20,21)22)25-12-15-5-6-17(24-11-15)28-8-3-4-9-28/h5-6,11,16H,2-4,7-10,12-14H2,1H3,(H2,23,25,26). The molecule has 6 nitrogen and oxygen atoms in total. The average Bonchev–Trinajstić information content (AvgIpc) is 3.31. The van der Waals surface area contributed by atoms with E-state index in [1.54, 1.807) is 0 Å². The van der Waals surface area contributed by atoms with Gasteiger partial charge in [-0.3, -0.25) is 4.90 Å². The van der Waals surface area contributed by atoms with Crippen molar-refractivity contribution in [3.05, 3.63) is 23.9 Å². The van der Waals surface area contributed by atoms with E-state index < -0.39 is 12.7 Å². The molecule has 3 heterocycles. The maximum Gasteiger partial charge on any atom is 0.401 e. The summed E-state index contributed by atoms with van der Waals surface area (Å²) in [6.07, 6.45) is 0.801. The highest BCUT2D eigenvalue weighted by molar-refractivity contribution is 5.80. The van der Waals surface area contributed by atoms with Gasteiger partial charge in [0, 0.05) is 45.0 Å². The first-order chi connectivity index (χ1) is 13.4. The summed E-state index contributed by atoms with van der Waals surface area (Å²) in [6.45, 7) is 5.21. The van der Waals surface area contributed by atoms with Gasteiger partial charge in [-0.1, -0.05) is 6.07 Å². The Bertz CT molecular complexity index is 640. The fourth-order valence-electron chi connectivity index (χ4n) is 3.67. The summed E-state index contributed by atoms with van der Waals surface area (Å²) in [4.78, 5) is 12.8. The molecule has 1 aromatic rings. The lowest BCUT2D eigenvalue weighted by atomic mass is 10.2. The van der Waals surface area contributed by atoms with Crippen molar-refractivity contribution in [1.82, 2.24) is 20.5 Å². The zero-order chi connectivity index (χ0) is 20.0. The van der Waals surface area contributed by atoms with Crippen LogP contribution in [0.5, 0.6) is 0 Å². The van der Waals surface area contributed by atoms with E-state index in [2.05, 4.69) is 25.5 Å². The molecule has 2 aliphatic heterocycles. The summed E-state index contributed by atoms with van der Waals surface area (Å²) in [6, 6.07) is 4.03. The fourth-order valence-corrected chi connectivity index (χ4v) is 3.67. The van der Waals surface area contributed by atoms with Gasteiger partial charge in [0.2, 0.25) is 0 Å². The second kappa shape index (κ2) is 9.45. The van der Waals surface area contributed by atoms with Gasteiger partial charge in [0.25, 0.3) is 0 Å². The number of guanidine groups is 1. The number of hydrogen-bond donors (Lipinski definition) is 2. The predicted molar refractivity (Wildman–Crippen MR) is 105 cm³/mol. The summed E-state index contributed by atoms with van der Waals surface area (Å²) in [5.74, 6) is 1.64. The van der Waals surface area contributed by atoms with E-state index >= 15 is 0 Å². The zero-order valence-corrected chi connectivity index (χ0v) is 16.3. The Kier molecular flexibility index (Phi) is 6.98. The third kappa shape index (κ3) is 6.25. The number of halogens is 3. The van der Waals surface area contributed by atoms with E-state index in [0.29, 0.717) is 38.6 Å². The molecule has 0 amide bonds. The molecule has 2 saturated heterocycles. The van der Waals surface area contributed by atoms with Crippen molar-refractivity contribution in [2.24, 2.45) is 4.99 Å². The normalized spacial score (nSPS) is 21.4. The first-order valence-electron chi connectivity index (χ1n) is 9.97. The highest BCUT2D eigenvalue weighted by atomic mass is 19.4. The maximum absolute atomic E-state index is 12.5. The number of pyridine rings is 1. The summed E-state index contributed by atoms with van der Waals surface area (Å²) >= 11 is 0. The Morgan fingerprint density at radius 3 is 2.68 bits per heavy atom. The molecule has 0 bridgehead atoms. The van der Waals surface area contributed by atoms with E-state index in [1.165, 1.54) is 17.7 Å². The van der Waals surface area contributed by atoms with E-state index in [9.17, 15) is 13.2 Å². The van der Waals surface area contributed by atoms with Crippen LogP contribution in [-0.4, -0.2) is 67.3 Å². The lowest BCUT2D eigenvalue weighted by molar-refractivity contribution is -0.143. The van der Waals surface area contributed by atoms with E-state index in [4.69, 9.17) is 0 Å². The SMILES string of the molecule is CCNC(=NCc1ccc(N2CCCC2)nc1)NC1CCN(CC(F)(F)F)C1. The third-order valence-electron chi connectivity index (χ3n) is 5.02. The van der Waals surface area contributed by atoms with Gasteiger partial charge in [0.1, 0.15) is 5.82 Å². The molecule has 2 N–H and O–H groups in total. The molecule has 9 heteroatoms. The first kappa shape index (κ1) is 20.7. The van der Waals surface area contributed by atoms with Crippen molar-refractivity contribution in [1.29, 1.82) is 0 Å². The molecule has 0 spiro atoms. The van der Waals surface area contributed by atoms with Crippen molar-refractivity contribution in [2.75, 3.05) is 44.2 Å². The van der Waals surface area contributed by atoms with Gasteiger partial charge in [-0.2, -0.15) is 13.2 Å². The number of nitrogens with one attached hydrogen (secondary N) is 2. The van der Waals surface area contributed by atoms with Crippen molar-refractivity contribution < 1.29 is 13.2 Å². The van der Waals surface area contributed by atoms with Gasteiger partial charge in [-0.05, 0) is 37.8 Å². The minimum atomic E-state index is -4.15. The minimum Gasteiger partial charge on any atom is -0.357 e. The van der Waals surface area contributed by atoms with Crippen LogP contribution < -0.4 is 15.5 Å². The number of rotatable bonds is 6. The molecule has 2 aliphatic rings. The summed E-state index contributed by atoms with van der Waals surface area (Å²) in [5, 5.41) is 6.43. The lowest BCUT2D eigenvalue weighted by Crippen LogP contribution is -2.45. The highest BCUT2D eigenvalue weighted by Gasteiger charge is 2.34. The monoisotopic (exact) mass is 398 g/mol. The summed E-state index contributed by atoms with van der Waals surface area (Å²) in [7, 11) is 0. The smallest absolute Gasteiger partial charge is 0.357 e. The van der Waals surface area contributed by atoms with Crippen molar-refractivity contribution in [3.63, 3.8) is 0 Å². The lowest BCUT2D eigenvalue weighted by Gasteiger charge is -2.20. The molecule has 0 aromatic carbocycles. The van der Waals surface area contributed by atoms with Crippen molar-refractivity contribution in [2.45, 2.75) is 44.9 Å². The molecular weight excluding hydrogens is 369 g/mol. The van der Waals surface area contributed by atoms with Crippen LogP contribution in [0.15, 0.2) is 23.3 Å². The van der Waals surface area contributed by atoms with E-state index in [0.717, 1.165) is 24.5 Å². The summed E-state index contributed by atoms with van der Waals surface area (Å²) in [5.41, 5.74) is 1.00. The Labute approximate surface area is 164 Å². The Morgan fingerprint density at radius 1 is 1.25 bits per heavy atom. The summed E-state index contributed by atoms with van der Waals surface area (Å²) < 4.78 is 37.6. The number of anilines is 1. The Morgan fingerprint density at radius 2 is 2.04 bits per heavy atom. The van der Waals surface area contributed by atoms with E-state index in [1.807, 2.05) is 25.3 Å².